The molecule has 3 aromatic carbocycles. The van der Waals surface area contributed by atoms with Crippen LogP contribution in [-0.4, -0.2) is 45.0 Å². The number of carbonyl (C=O) groups is 2. The van der Waals surface area contributed by atoms with Crippen molar-refractivity contribution in [3.8, 4) is 11.3 Å². The number of pyridine rings is 1. The molecule has 0 unspecified atom stereocenters. The lowest BCUT2D eigenvalue weighted by atomic mass is 9.75. The number of aryl methyl sites for hydroxylation is 1. The zero-order valence-corrected chi connectivity index (χ0v) is 30.8. The van der Waals surface area contributed by atoms with Crippen LogP contribution in [0.3, 0.4) is 0 Å². The van der Waals surface area contributed by atoms with Crippen LogP contribution in [0.15, 0.2) is 66.9 Å². The maximum atomic E-state index is 15.3. The van der Waals surface area contributed by atoms with Gasteiger partial charge in [0.2, 0.25) is 11.8 Å². The Bertz CT molecular complexity index is 2260. The Morgan fingerprint density at radius 3 is 2.48 bits per heavy atom. The number of fused-ring (bicyclic) bond motifs is 1. The average molecular weight is 759 g/mol. The zero-order valence-electron chi connectivity index (χ0n) is 30.0. The zero-order chi connectivity index (χ0) is 38.3. The third kappa shape index (κ3) is 7.29. The van der Waals surface area contributed by atoms with Crippen molar-refractivity contribution >= 4 is 40.0 Å². The number of nitrogens with zero attached hydrogens (tertiary/aromatic N) is 4. The Balaban J connectivity index is 1.06. The summed E-state index contributed by atoms with van der Waals surface area (Å²) in [6.45, 7) is 7.15. The number of piperidine rings is 2. The van der Waals surface area contributed by atoms with E-state index in [1.165, 1.54) is 18.2 Å². The fourth-order valence-corrected chi connectivity index (χ4v) is 7.91. The molecule has 2 saturated heterocycles. The number of hydrogen-bond donors (Lipinski definition) is 2. The van der Waals surface area contributed by atoms with Gasteiger partial charge < -0.3 is 5.32 Å². The summed E-state index contributed by atoms with van der Waals surface area (Å²) in [6.07, 6.45) is 1.08. The van der Waals surface area contributed by atoms with Crippen LogP contribution in [0.5, 0.6) is 0 Å². The number of rotatable bonds is 9. The Labute approximate surface area is 315 Å². The molecule has 0 saturated carbocycles. The van der Waals surface area contributed by atoms with Crippen LogP contribution in [0.25, 0.3) is 22.0 Å². The Hall–Kier alpha value is -4.94. The third-order valence-electron chi connectivity index (χ3n) is 11.0. The van der Waals surface area contributed by atoms with E-state index in [1.807, 2.05) is 31.2 Å². The molecular formula is C41H39ClF4N6O2. The summed E-state index contributed by atoms with van der Waals surface area (Å²) in [7, 11) is 0. The minimum atomic E-state index is -2.95. The standard InChI is InChI=1S/C41H39ClF4N6O2/c1-22(28-5-4-6-30(37(28)44)38(45)46)48-39-31-19-35(47-20-32(31)23(2)50-51-39)25-7-10-34(43)26(17-25)21-52-15-12-24(13-16-52)29-9-8-27(18-33(29)42)41(3)14-11-36(53)49-40(41)54/h4-10,17-20,22,24,38H,11-16,21H2,1-3H3,(H,48,51)(H,49,53,54)/t22-,41-/m1/s1. The summed E-state index contributed by atoms with van der Waals surface area (Å²) in [5.41, 5.74) is 2.81. The first-order chi connectivity index (χ1) is 25.8. The van der Waals surface area contributed by atoms with Gasteiger partial charge in [-0.1, -0.05) is 41.9 Å². The van der Waals surface area contributed by atoms with Crippen LogP contribution in [0.2, 0.25) is 5.02 Å². The number of anilines is 1. The second-order valence-electron chi connectivity index (χ2n) is 14.5. The summed E-state index contributed by atoms with van der Waals surface area (Å²) in [5.74, 6) is -1.33. The topological polar surface area (TPSA) is 100 Å². The van der Waals surface area contributed by atoms with Crippen LogP contribution < -0.4 is 10.6 Å². The predicted octanol–water partition coefficient (Wildman–Crippen LogP) is 9.12. The van der Waals surface area contributed by atoms with Crippen molar-refractivity contribution in [3.05, 3.63) is 117 Å². The van der Waals surface area contributed by atoms with Gasteiger partial charge in [-0.2, -0.15) is 5.10 Å². The van der Waals surface area contributed by atoms with Crippen molar-refractivity contribution in [1.29, 1.82) is 0 Å². The van der Waals surface area contributed by atoms with Gasteiger partial charge in [0.25, 0.3) is 6.43 Å². The summed E-state index contributed by atoms with van der Waals surface area (Å²) in [6, 6.07) is 15.7. The maximum absolute atomic E-state index is 15.3. The number of carbonyl (C=O) groups excluding carboxylic acids is 2. The van der Waals surface area contributed by atoms with Gasteiger partial charge in [-0.05, 0) is 100 Å². The SMILES string of the molecule is Cc1nnc(N[C@H](C)c2cccc(C(F)F)c2F)c2cc(-c3ccc(F)c(CN4CCC(c5ccc([C@@]6(C)CCC(=O)NC6=O)cc5Cl)CC4)c3)ncc12. The van der Waals surface area contributed by atoms with Crippen molar-refractivity contribution in [3.63, 3.8) is 0 Å². The molecule has 4 heterocycles. The lowest BCUT2D eigenvalue weighted by molar-refractivity contribution is -0.137. The van der Waals surface area contributed by atoms with E-state index in [9.17, 15) is 22.8 Å². The molecule has 2 aromatic heterocycles. The molecule has 54 heavy (non-hydrogen) atoms. The first-order valence-corrected chi connectivity index (χ1v) is 18.3. The molecule has 280 valence electrons. The molecule has 2 atom stereocenters. The number of imide groups is 1. The lowest BCUT2D eigenvalue weighted by Crippen LogP contribution is -2.49. The molecule has 5 aromatic rings. The van der Waals surface area contributed by atoms with E-state index in [0.717, 1.165) is 43.1 Å². The fourth-order valence-electron chi connectivity index (χ4n) is 7.57. The molecule has 2 aliphatic rings. The van der Waals surface area contributed by atoms with Gasteiger partial charge in [-0.25, -0.2) is 17.6 Å². The van der Waals surface area contributed by atoms with E-state index in [4.69, 9.17) is 11.6 Å². The Morgan fingerprint density at radius 1 is 1.00 bits per heavy atom. The first-order valence-electron chi connectivity index (χ1n) is 17.9. The molecule has 8 nitrogen and oxygen atoms in total. The number of hydrogen-bond acceptors (Lipinski definition) is 7. The summed E-state index contributed by atoms with van der Waals surface area (Å²) in [4.78, 5) is 31.3. The third-order valence-corrected chi connectivity index (χ3v) is 11.3. The van der Waals surface area contributed by atoms with Crippen molar-refractivity contribution in [2.24, 2.45) is 0 Å². The van der Waals surface area contributed by atoms with E-state index in [0.29, 0.717) is 57.1 Å². The van der Waals surface area contributed by atoms with Gasteiger partial charge in [0.1, 0.15) is 11.6 Å². The van der Waals surface area contributed by atoms with Gasteiger partial charge in [-0.15, -0.1) is 5.10 Å². The summed E-state index contributed by atoms with van der Waals surface area (Å²) >= 11 is 6.79. The number of halogens is 5. The second-order valence-corrected chi connectivity index (χ2v) is 14.9. The number of benzene rings is 3. The van der Waals surface area contributed by atoms with Crippen molar-refractivity contribution < 1.29 is 27.2 Å². The molecule has 2 fully saturated rings. The van der Waals surface area contributed by atoms with E-state index >= 15 is 4.39 Å². The number of amides is 2. The number of nitrogens with one attached hydrogen (secondary N) is 2. The number of likely N-dealkylation sites (tertiary alicyclic amines) is 1. The largest absolute Gasteiger partial charge is 0.361 e. The van der Waals surface area contributed by atoms with Crippen LogP contribution in [0, 0.1) is 18.6 Å². The van der Waals surface area contributed by atoms with Crippen molar-refractivity contribution in [2.75, 3.05) is 18.4 Å². The number of alkyl halides is 2. The molecule has 2 aliphatic heterocycles. The monoisotopic (exact) mass is 758 g/mol. The van der Waals surface area contributed by atoms with Crippen molar-refractivity contribution in [1.82, 2.24) is 25.4 Å². The van der Waals surface area contributed by atoms with Gasteiger partial charge in [0.05, 0.1) is 28.4 Å². The number of aromatic nitrogens is 3. The highest BCUT2D eigenvalue weighted by Crippen LogP contribution is 2.39. The van der Waals surface area contributed by atoms with E-state index in [-0.39, 0.29) is 35.5 Å². The normalized spacial score (nSPS) is 19.0. The highest BCUT2D eigenvalue weighted by Gasteiger charge is 2.40. The van der Waals surface area contributed by atoms with Gasteiger partial charge in [-0.3, -0.25) is 24.8 Å². The Morgan fingerprint density at radius 2 is 1.76 bits per heavy atom. The van der Waals surface area contributed by atoms with Gasteiger partial charge in [0, 0.05) is 51.6 Å². The summed E-state index contributed by atoms with van der Waals surface area (Å²) in [5, 5.41) is 16.1. The molecule has 7 rings (SSSR count). The molecule has 0 aliphatic carbocycles. The molecule has 13 heteroatoms. The Kier molecular flexibility index (Phi) is 10.4. The molecule has 2 N–H and O–H groups in total. The van der Waals surface area contributed by atoms with Crippen LogP contribution >= 0.6 is 11.6 Å². The first kappa shape index (κ1) is 37.4. The van der Waals surface area contributed by atoms with Crippen molar-refractivity contribution in [2.45, 2.75) is 76.8 Å². The van der Waals surface area contributed by atoms with Gasteiger partial charge in [0.15, 0.2) is 5.82 Å². The smallest absolute Gasteiger partial charge is 0.266 e. The average Bonchev–Trinajstić information content (AvgIpc) is 3.15. The van der Waals surface area contributed by atoms with E-state index < -0.39 is 29.3 Å². The lowest BCUT2D eigenvalue weighted by Gasteiger charge is -2.34. The molecule has 0 radical (unpaired) electrons. The molecule has 2 amide bonds. The molecule has 0 spiro atoms. The highest BCUT2D eigenvalue weighted by molar-refractivity contribution is 6.31. The maximum Gasteiger partial charge on any atom is 0.266 e. The van der Waals surface area contributed by atoms with E-state index in [1.54, 1.807) is 32.2 Å². The summed E-state index contributed by atoms with van der Waals surface area (Å²) < 4.78 is 57.0. The predicted molar refractivity (Wildman–Crippen MR) is 199 cm³/mol. The highest BCUT2D eigenvalue weighted by atomic mass is 35.5. The van der Waals surface area contributed by atoms with Crippen LogP contribution in [-0.2, 0) is 21.5 Å². The van der Waals surface area contributed by atoms with Crippen LogP contribution in [0.4, 0.5) is 23.4 Å². The second kappa shape index (κ2) is 15.1. The quantitative estimate of drug-likeness (QED) is 0.114. The van der Waals surface area contributed by atoms with E-state index in [2.05, 4.69) is 30.7 Å². The minimum absolute atomic E-state index is 0.0741. The minimum Gasteiger partial charge on any atom is -0.361 e. The molecule has 0 bridgehead atoms. The van der Waals surface area contributed by atoms with Gasteiger partial charge >= 0.3 is 0 Å². The fraction of sp³-hybridized carbons (Fsp3) is 0.341. The molecular weight excluding hydrogens is 720 g/mol. The van der Waals surface area contributed by atoms with Crippen LogP contribution in [0.1, 0.15) is 91.4 Å².